The highest BCUT2D eigenvalue weighted by molar-refractivity contribution is 7.09. The van der Waals surface area contributed by atoms with Crippen molar-refractivity contribution in [2.45, 2.75) is 26.9 Å². The zero-order valence-electron chi connectivity index (χ0n) is 16.0. The van der Waals surface area contributed by atoms with E-state index in [0.717, 1.165) is 10.6 Å². The number of H-pyrrole nitrogens is 1. The van der Waals surface area contributed by atoms with Crippen molar-refractivity contribution in [3.05, 3.63) is 68.4 Å². The number of fused-ring (bicyclic) bond motifs is 1. The smallest absolute Gasteiger partial charge is 0.277 e. The number of amides is 1. The van der Waals surface area contributed by atoms with Gasteiger partial charge in [0.1, 0.15) is 16.9 Å². The molecule has 4 heterocycles. The van der Waals surface area contributed by atoms with Gasteiger partial charge in [-0.05, 0) is 37.4 Å². The molecule has 0 bridgehead atoms. The molecule has 0 aliphatic heterocycles. The molecule has 4 aromatic heterocycles. The minimum Gasteiger partial charge on any atom is -0.468 e. The summed E-state index contributed by atoms with van der Waals surface area (Å²) >= 11 is 1.63. The summed E-state index contributed by atoms with van der Waals surface area (Å²) in [5.41, 5.74) is 0.238. The molecule has 0 aromatic carbocycles. The Morgan fingerprint density at radius 3 is 2.83 bits per heavy atom. The first-order chi connectivity index (χ1) is 14.0. The number of rotatable bonds is 7. The zero-order chi connectivity index (χ0) is 20.4. The summed E-state index contributed by atoms with van der Waals surface area (Å²) in [5.74, 6) is 1.17. The lowest BCUT2D eigenvalue weighted by atomic mass is 10.2. The first-order valence-electron chi connectivity index (χ1n) is 9.06. The standard InChI is InChI=1S/C20H20N4O4S/c1-12-17-13(2)28-20(18(17)19(26)23-22-12)21-16(25)11-24(9-14-5-3-7-27-14)10-15-6-4-8-29-15/h3-8H,9-11H2,1-2H3,(H,21,25)(H,23,26). The Morgan fingerprint density at radius 1 is 1.24 bits per heavy atom. The van der Waals surface area contributed by atoms with Crippen LogP contribution in [0.4, 0.5) is 5.88 Å². The lowest BCUT2D eigenvalue weighted by molar-refractivity contribution is -0.117. The number of carbonyl (C=O) groups excluding carboxylic acids is 1. The zero-order valence-corrected chi connectivity index (χ0v) is 16.8. The maximum Gasteiger partial charge on any atom is 0.277 e. The maximum absolute atomic E-state index is 12.8. The maximum atomic E-state index is 12.8. The number of hydrogen-bond donors (Lipinski definition) is 2. The Labute approximate surface area is 170 Å². The molecule has 150 valence electrons. The number of nitrogens with zero attached hydrogens (tertiary/aromatic N) is 2. The van der Waals surface area contributed by atoms with Gasteiger partial charge >= 0.3 is 0 Å². The number of aromatic amines is 1. The van der Waals surface area contributed by atoms with Crippen molar-refractivity contribution < 1.29 is 13.6 Å². The second-order valence-corrected chi connectivity index (χ2v) is 7.76. The molecular formula is C20H20N4O4S. The molecular weight excluding hydrogens is 392 g/mol. The van der Waals surface area contributed by atoms with Gasteiger partial charge in [-0.2, -0.15) is 5.10 Å². The second-order valence-electron chi connectivity index (χ2n) is 6.73. The number of hydrogen-bond acceptors (Lipinski definition) is 7. The molecule has 4 rings (SSSR count). The molecule has 0 saturated heterocycles. The van der Waals surface area contributed by atoms with Crippen LogP contribution in [0.3, 0.4) is 0 Å². The lowest BCUT2D eigenvalue weighted by Gasteiger charge is -2.19. The molecule has 9 heteroatoms. The number of furan rings is 2. The highest BCUT2D eigenvalue weighted by atomic mass is 32.1. The van der Waals surface area contributed by atoms with Crippen molar-refractivity contribution in [1.82, 2.24) is 15.1 Å². The van der Waals surface area contributed by atoms with Gasteiger partial charge in [-0.1, -0.05) is 6.07 Å². The van der Waals surface area contributed by atoms with Crippen molar-refractivity contribution >= 4 is 33.9 Å². The molecule has 4 aromatic rings. The molecule has 0 fully saturated rings. The number of nitrogens with one attached hydrogen (secondary N) is 2. The van der Waals surface area contributed by atoms with E-state index in [1.165, 1.54) is 0 Å². The van der Waals surface area contributed by atoms with Crippen LogP contribution >= 0.6 is 11.3 Å². The monoisotopic (exact) mass is 412 g/mol. The van der Waals surface area contributed by atoms with Gasteiger partial charge in [0, 0.05) is 11.4 Å². The van der Waals surface area contributed by atoms with Crippen LogP contribution in [0.2, 0.25) is 0 Å². The minimum atomic E-state index is -0.399. The number of aromatic nitrogens is 2. The predicted molar refractivity (Wildman–Crippen MR) is 110 cm³/mol. The SMILES string of the molecule is Cc1n[nH]c(=O)c2c(NC(=O)CN(Cc3ccco3)Cc3cccs3)oc(C)c12. The summed E-state index contributed by atoms with van der Waals surface area (Å²) in [4.78, 5) is 28.1. The highest BCUT2D eigenvalue weighted by Gasteiger charge is 2.20. The van der Waals surface area contributed by atoms with E-state index < -0.39 is 5.56 Å². The van der Waals surface area contributed by atoms with E-state index in [2.05, 4.69) is 15.5 Å². The topological polar surface area (TPSA) is 104 Å². The molecule has 0 radical (unpaired) electrons. The van der Waals surface area contributed by atoms with E-state index in [9.17, 15) is 9.59 Å². The Bertz CT molecular complexity index is 1140. The molecule has 29 heavy (non-hydrogen) atoms. The van der Waals surface area contributed by atoms with Crippen LogP contribution in [-0.2, 0) is 17.9 Å². The average molecular weight is 412 g/mol. The van der Waals surface area contributed by atoms with Crippen molar-refractivity contribution in [3.63, 3.8) is 0 Å². The Morgan fingerprint density at radius 2 is 2.10 bits per heavy atom. The Kier molecular flexibility index (Phi) is 5.32. The van der Waals surface area contributed by atoms with Gasteiger partial charge < -0.3 is 8.83 Å². The van der Waals surface area contributed by atoms with Crippen LogP contribution in [0, 0.1) is 13.8 Å². The van der Waals surface area contributed by atoms with Gasteiger partial charge in [0.2, 0.25) is 11.8 Å². The van der Waals surface area contributed by atoms with Gasteiger partial charge in [0.15, 0.2) is 0 Å². The van der Waals surface area contributed by atoms with Gasteiger partial charge in [0.25, 0.3) is 5.56 Å². The first-order valence-corrected chi connectivity index (χ1v) is 9.94. The summed E-state index contributed by atoms with van der Waals surface area (Å²) in [6.07, 6.45) is 1.61. The molecule has 2 N–H and O–H groups in total. The van der Waals surface area contributed by atoms with E-state index in [1.807, 2.05) is 34.5 Å². The van der Waals surface area contributed by atoms with Crippen LogP contribution in [-0.4, -0.2) is 27.5 Å². The van der Waals surface area contributed by atoms with E-state index >= 15 is 0 Å². The number of carbonyl (C=O) groups is 1. The summed E-state index contributed by atoms with van der Waals surface area (Å²) in [7, 11) is 0. The van der Waals surface area contributed by atoms with E-state index in [0.29, 0.717) is 35.3 Å². The number of aryl methyl sites for hydroxylation is 2. The van der Waals surface area contributed by atoms with Crippen LogP contribution in [0.5, 0.6) is 0 Å². The van der Waals surface area contributed by atoms with Crippen molar-refractivity contribution in [2.24, 2.45) is 0 Å². The molecule has 0 aliphatic carbocycles. The molecule has 8 nitrogen and oxygen atoms in total. The normalized spacial score (nSPS) is 11.4. The Balaban J connectivity index is 1.54. The quantitative estimate of drug-likeness (QED) is 0.482. The van der Waals surface area contributed by atoms with Crippen LogP contribution < -0.4 is 10.9 Å². The fourth-order valence-electron chi connectivity index (χ4n) is 3.31. The van der Waals surface area contributed by atoms with Gasteiger partial charge in [-0.3, -0.25) is 19.8 Å². The van der Waals surface area contributed by atoms with Crippen molar-refractivity contribution in [3.8, 4) is 0 Å². The third-order valence-corrected chi connectivity index (χ3v) is 5.40. The van der Waals surface area contributed by atoms with E-state index in [-0.39, 0.29) is 18.3 Å². The molecule has 0 atom stereocenters. The van der Waals surface area contributed by atoms with E-state index in [4.69, 9.17) is 8.83 Å². The van der Waals surface area contributed by atoms with Crippen LogP contribution in [0.15, 0.2) is 49.5 Å². The van der Waals surface area contributed by atoms with Crippen molar-refractivity contribution in [2.75, 3.05) is 11.9 Å². The summed E-state index contributed by atoms with van der Waals surface area (Å²) < 4.78 is 11.1. The molecule has 1 amide bonds. The molecule has 0 unspecified atom stereocenters. The second kappa shape index (κ2) is 8.06. The first kappa shape index (κ1) is 19.2. The van der Waals surface area contributed by atoms with Crippen LogP contribution in [0.25, 0.3) is 10.8 Å². The number of thiophene rings is 1. The van der Waals surface area contributed by atoms with Gasteiger partial charge in [-0.25, -0.2) is 5.10 Å². The Hall–Kier alpha value is -3.17. The lowest BCUT2D eigenvalue weighted by Crippen LogP contribution is -2.32. The van der Waals surface area contributed by atoms with Gasteiger partial charge in [0.05, 0.1) is 30.4 Å². The minimum absolute atomic E-state index is 0.113. The third-order valence-electron chi connectivity index (χ3n) is 4.54. The fraction of sp³-hybridized carbons (Fsp3) is 0.250. The van der Waals surface area contributed by atoms with Gasteiger partial charge in [-0.15, -0.1) is 11.3 Å². The summed E-state index contributed by atoms with van der Waals surface area (Å²) in [6.45, 7) is 4.72. The summed E-state index contributed by atoms with van der Waals surface area (Å²) in [5, 5.41) is 12.1. The average Bonchev–Trinajstić information content (AvgIpc) is 3.41. The van der Waals surface area contributed by atoms with Crippen molar-refractivity contribution in [1.29, 1.82) is 0 Å². The fourth-order valence-corrected chi connectivity index (χ4v) is 4.06. The third kappa shape index (κ3) is 4.15. The highest BCUT2D eigenvalue weighted by Crippen LogP contribution is 2.28. The largest absolute Gasteiger partial charge is 0.468 e. The molecule has 0 aliphatic rings. The van der Waals surface area contributed by atoms with Crippen LogP contribution in [0.1, 0.15) is 22.1 Å². The molecule has 0 spiro atoms. The predicted octanol–water partition coefficient (Wildman–Crippen LogP) is 3.43. The number of anilines is 1. The van der Waals surface area contributed by atoms with E-state index in [1.54, 1.807) is 31.4 Å². The molecule has 0 saturated carbocycles. The summed E-state index contributed by atoms with van der Waals surface area (Å²) in [6, 6.07) is 7.69.